The topological polar surface area (TPSA) is 73.0 Å². The Morgan fingerprint density at radius 2 is 1.78 bits per heavy atom. The molecule has 0 aromatic heterocycles. The van der Waals surface area contributed by atoms with Crippen molar-refractivity contribution in [2.45, 2.75) is 13.3 Å². The predicted molar refractivity (Wildman–Crippen MR) is 69.4 cm³/mol. The molecule has 1 N–H and O–H groups in total. The van der Waals surface area contributed by atoms with E-state index in [4.69, 9.17) is 0 Å². The summed E-state index contributed by atoms with van der Waals surface area (Å²) in [5, 5.41) is 2.79. The molecule has 106 valence electrons. The number of nitrogens with zero attached hydrogens (tertiary/aromatic N) is 3. The van der Waals surface area contributed by atoms with Gasteiger partial charge in [0.1, 0.15) is 0 Å². The van der Waals surface area contributed by atoms with Crippen molar-refractivity contribution < 1.29 is 13.2 Å². The lowest BCUT2D eigenvalue weighted by Crippen LogP contribution is -2.55. The summed E-state index contributed by atoms with van der Waals surface area (Å²) in [6, 6.07) is -0.112. The average Bonchev–Trinajstić information content (AvgIpc) is 2.35. The normalized spacial score (nSPS) is 18.1. The maximum atomic E-state index is 11.9. The lowest BCUT2D eigenvalue weighted by molar-refractivity contribution is 0.170. The molecule has 2 amide bonds. The highest BCUT2D eigenvalue weighted by atomic mass is 32.2. The summed E-state index contributed by atoms with van der Waals surface area (Å²) in [6.07, 6.45) is 0.890. The zero-order valence-corrected chi connectivity index (χ0v) is 12.0. The van der Waals surface area contributed by atoms with Gasteiger partial charge in [-0.2, -0.15) is 17.0 Å². The fourth-order valence-corrected chi connectivity index (χ4v) is 2.78. The van der Waals surface area contributed by atoms with Crippen molar-refractivity contribution in [2.75, 3.05) is 46.8 Å². The van der Waals surface area contributed by atoms with E-state index in [0.29, 0.717) is 32.7 Å². The quantitative estimate of drug-likeness (QED) is 0.755. The average molecular weight is 278 g/mol. The van der Waals surface area contributed by atoms with Gasteiger partial charge in [-0.1, -0.05) is 6.92 Å². The van der Waals surface area contributed by atoms with Crippen molar-refractivity contribution in [1.82, 2.24) is 18.8 Å². The first-order valence-electron chi connectivity index (χ1n) is 6.10. The fourth-order valence-electron chi connectivity index (χ4n) is 1.70. The smallest absolute Gasteiger partial charge is 0.317 e. The van der Waals surface area contributed by atoms with Gasteiger partial charge in [0.25, 0.3) is 10.2 Å². The number of carbonyl (C=O) groups excluding carboxylic acids is 1. The Morgan fingerprint density at radius 3 is 2.22 bits per heavy atom. The van der Waals surface area contributed by atoms with Gasteiger partial charge >= 0.3 is 6.03 Å². The Bertz CT molecular complexity index is 375. The standard InChI is InChI=1S/C10H22N4O3S/c1-4-5-11-10(15)13-6-8-14(9-7-13)18(16,17)12(2)3/h4-9H2,1-3H3,(H,11,15). The highest BCUT2D eigenvalue weighted by Gasteiger charge is 2.29. The molecule has 0 aromatic carbocycles. The van der Waals surface area contributed by atoms with Crippen LogP contribution in [-0.4, -0.2) is 74.8 Å². The molecule has 1 rings (SSSR count). The Balaban J connectivity index is 2.49. The molecule has 1 heterocycles. The summed E-state index contributed by atoms with van der Waals surface area (Å²) in [5.41, 5.74) is 0. The third kappa shape index (κ3) is 3.56. The Hall–Kier alpha value is -0.860. The van der Waals surface area contributed by atoms with Crippen LogP contribution >= 0.6 is 0 Å². The number of amides is 2. The van der Waals surface area contributed by atoms with Crippen molar-refractivity contribution >= 4 is 16.2 Å². The van der Waals surface area contributed by atoms with E-state index in [-0.39, 0.29) is 6.03 Å². The van der Waals surface area contributed by atoms with Gasteiger partial charge in [0, 0.05) is 46.8 Å². The number of nitrogens with one attached hydrogen (secondary N) is 1. The maximum Gasteiger partial charge on any atom is 0.317 e. The van der Waals surface area contributed by atoms with Crippen LogP contribution in [-0.2, 0) is 10.2 Å². The number of rotatable bonds is 4. The molecular formula is C10H22N4O3S. The molecule has 0 radical (unpaired) electrons. The number of piperazine rings is 1. The summed E-state index contributed by atoms with van der Waals surface area (Å²) >= 11 is 0. The van der Waals surface area contributed by atoms with Crippen LogP contribution in [0.25, 0.3) is 0 Å². The minimum atomic E-state index is -3.36. The van der Waals surface area contributed by atoms with Crippen LogP contribution in [0.15, 0.2) is 0 Å². The van der Waals surface area contributed by atoms with Crippen molar-refractivity contribution in [3.8, 4) is 0 Å². The van der Waals surface area contributed by atoms with Crippen molar-refractivity contribution in [1.29, 1.82) is 0 Å². The molecule has 7 nitrogen and oxygen atoms in total. The van der Waals surface area contributed by atoms with Crippen LogP contribution in [0.3, 0.4) is 0 Å². The second-order valence-corrected chi connectivity index (χ2v) is 6.55. The summed E-state index contributed by atoms with van der Waals surface area (Å²) in [6.45, 7) is 4.20. The zero-order chi connectivity index (χ0) is 13.8. The van der Waals surface area contributed by atoms with E-state index in [0.717, 1.165) is 6.42 Å². The summed E-state index contributed by atoms with van der Waals surface area (Å²) in [4.78, 5) is 13.3. The highest BCUT2D eigenvalue weighted by molar-refractivity contribution is 7.86. The van der Waals surface area contributed by atoms with E-state index in [1.807, 2.05) is 6.92 Å². The molecule has 18 heavy (non-hydrogen) atoms. The van der Waals surface area contributed by atoms with Gasteiger partial charge in [0.15, 0.2) is 0 Å². The second-order valence-electron chi connectivity index (χ2n) is 4.41. The van der Waals surface area contributed by atoms with Gasteiger partial charge in [-0.05, 0) is 6.42 Å². The molecule has 0 atom stereocenters. The summed E-state index contributed by atoms with van der Waals surface area (Å²) in [7, 11) is -0.339. The van der Waals surface area contributed by atoms with Gasteiger partial charge in [0.2, 0.25) is 0 Å². The van der Waals surface area contributed by atoms with E-state index in [2.05, 4.69) is 5.32 Å². The van der Waals surface area contributed by atoms with Crippen molar-refractivity contribution in [3.63, 3.8) is 0 Å². The lowest BCUT2D eigenvalue weighted by atomic mass is 10.4. The van der Waals surface area contributed by atoms with Crippen LogP contribution in [0.4, 0.5) is 4.79 Å². The number of hydrogen-bond acceptors (Lipinski definition) is 3. The molecule has 1 aliphatic heterocycles. The lowest BCUT2D eigenvalue weighted by Gasteiger charge is -2.35. The van der Waals surface area contributed by atoms with E-state index >= 15 is 0 Å². The third-order valence-corrected chi connectivity index (χ3v) is 4.78. The molecule has 1 aliphatic rings. The number of urea groups is 1. The molecule has 0 spiro atoms. The largest absolute Gasteiger partial charge is 0.338 e. The Kier molecular flexibility index (Phi) is 5.36. The minimum Gasteiger partial charge on any atom is -0.338 e. The van der Waals surface area contributed by atoms with Crippen LogP contribution in [0.1, 0.15) is 13.3 Å². The van der Waals surface area contributed by atoms with Crippen molar-refractivity contribution in [3.05, 3.63) is 0 Å². The van der Waals surface area contributed by atoms with Crippen LogP contribution in [0.2, 0.25) is 0 Å². The van der Waals surface area contributed by atoms with Gasteiger partial charge < -0.3 is 10.2 Å². The molecule has 1 saturated heterocycles. The van der Waals surface area contributed by atoms with Crippen LogP contribution in [0, 0.1) is 0 Å². The fraction of sp³-hybridized carbons (Fsp3) is 0.900. The first kappa shape index (κ1) is 15.2. The monoisotopic (exact) mass is 278 g/mol. The summed E-state index contributed by atoms with van der Waals surface area (Å²) in [5.74, 6) is 0. The molecule has 8 heteroatoms. The highest BCUT2D eigenvalue weighted by Crippen LogP contribution is 2.09. The number of hydrogen-bond donors (Lipinski definition) is 1. The molecule has 0 saturated carbocycles. The van der Waals surface area contributed by atoms with Crippen LogP contribution < -0.4 is 5.32 Å². The first-order valence-corrected chi connectivity index (χ1v) is 7.49. The Labute approximate surface area is 109 Å². The second kappa shape index (κ2) is 6.35. The minimum absolute atomic E-state index is 0.112. The molecule has 0 bridgehead atoms. The molecule has 0 unspecified atom stereocenters. The molecule has 0 aliphatic carbocycles. The maximum absolute atomic E-state index is 11.9. The van der Waals surface area contributed by atoms with Gasteiger partial charge in [-0.25, -0.2) is 4.79 Å². The van der Waals surface area contributed by atoms with Crippen LogP contribution in [0.5, 0.6) is 0 Å². The van der Waals surface area contributed by atoms with Crippen molar-refractivity contribution in [2.24, 2.45) is 0 Å². The van der Waals surface area contributed by atoms with E-state index in [1.54, 1.807) is 4.90 Å². The Morgan fingerprint density at radius 1 is 1.22 bits per heavy atom. The SMILES string of the molecule is CCCNC(=O)N1CCN(S(=O)(=O)N(C)C)CC1. The summed E-state index contributed by atoms with van der Waals surface area (Å²) < 4.78 is 26.3. The van der Waals surface area contributed by atoms with E-state index < -0.39 is 10.2 Å². The molecular weight excluding hydrogens is 256 g/mol. The van der Waals surface area contributed by atoms with E-state index in [1.165, 1.54) is 22.7 Å². The van der Waals surface area contributed by atoms with Gasteiger partial charge in [-0.15, -0.1) is 0 Å². The third-order valence-electron chi connectivity index (χ3n) is 2.84. The zero-order valence-electron chi connectivity index (χ0n) is 11.2. The van der Waals surface area contributed by atoms with E-state index in [9.17, 15) is 13.2 Å². The molecule has 0 aromatic rings. The predicted octanol–water partition coefficient (Wildman–Crippen LogP) is -0.470. The van der Waals surface area contributed by atoms with Gasteiger partial charge in [-0.3, -0.25) is 0 Å². The number of carbonyl (C=O) groups is 1. The first-order chi connectivity index (χ1) is 8.39. The van der Waals surface area contributed by atoms with Gasteiger partial charge in [0.05, 0.1) is 0 Å². The molecule has 1 fully saturated rings.